The predicted octanol–water partition coefficient (Wildman–Crippen LogP) is 1.93. The number of hydrogen-bond acceptors (Lipinski definition) is 5. The Balaban J connectivity index is 2.31. The average molecular weight is 291 g/mol. The van der Waals surface area contributed by atoms with E-state index in [9.17, 15) is 9.59 Å². The minimum absolute atomic E-state index is 0.0677. The van der Waals surface area contributed by atoms with E-state index >= 15 is 0 Å². The van der Waals surface area contributed by atoms with Crippen LogP contribution < -0.4 is 0 Å². The lowest BCUT2D eigenvalue weighted by molar-refractivity contribution is -0.152. The van der Waals surface area contributed by atoms with Gasteiger partial charge in [0.2, 0.25) is 0 Å². The zero-order valence-corrected chi connectivity index (χ0v) is 12.6. The molecule has 2 rings (SSSR count). The number of esters is 2. The van der Waals surface area contributed by atoms with E-state index in [0.717, 1.165) is 5.56 Å². The number of ether oxygens (including phenoxy) is 2. The van der Waals surface area contributed by atoms with Gasteiger partial charge in [0.15, 0.2) is 0 Å². The van der Waals surface area contributed by atoms with E-state index in [1.54, 1.807) is 0 Å². The Labute approximate surface area is 124 Å². The van der Waals surface area contributed by atoms with E-state index in [1.165, 1.54) is 14.2 Å². The summed E-state index contributed by atoms with van der Waals surface area (Å²) in [6, 6.07) is 8.93. The first-order valence-electron chi connectivity index (χ1n) is 7.08. The minimum atomic E-state index is -0.408. The zero-order valence-electron chi connectivity index (χ0n) is 12.6. The van der Waals surface area contributed by atoms with Crippen LogP contribution in [0, 0.1) is 0 Å². The number of hydrogen-bond donors (Lipinski definition) is 0. The molecule has 0 aromatic heterocycles. The molecular weight excluding hydrogens is 270 g/mol. The van der Waals surface area contributed by atoms with Gasteiger partial charge in [0.05, 0.1) is 14.2 Å². The molecule has 5 heteroatoms. The number of methoxy groups -OCH3 is 2. The molecule has 1 aromatic carbocycles. The second-order valence-corrected chi connectivity index (χ2v) is 5.19. The molecule has 3 atom stereocenters. The molecule has 0 unspecified atom stereocenters. The van der Waals surface area contributed by atoms with Crippen molar-refractivity contribution in [1.82, 2.24) is 4.90 Å². The van der Waals surface area contributed by atoms with Crippen LogP contribution in [-0.4, -0.2) is 43.1 Å². The van der Waals surface area contributed by atoms with Gasteiger partial charge in [0.1, 0.15) is 12.1 Å². The van der Waals surface area contributed by atoms with Crippen molar-refractivity contribution in [3.8, 4) is 0 Å². The van der Waals surface area contributed by atoms with E-state index in [0.29, 0.717) is 12.8 Å². The van der Waals surface area contributed by atoms with E-state index < -0.39 is 12.1 Å². The van der Waals surface area contributed by atoms with E-state index in [-0.39, 0.29) is 18.0 Å². The molecule has 0 N–H and O–H groups in total. The standard InChI is InChI=1S/C16H21NO4/c1-11(12-7-5-4-6-8-12)17-13(15(18)20-2)9-10-14(17)16(19)21-3/h4-8,11,13-14H,9-10H2,1-3H3/t11-,13+,14+/m0/s1. The normalized spacial score (nSPS) is 23.6. The number of rotatable bonds is 4. The number of likely N-dealkylation sites (tertiary alicyclic amines) is 1. The molecule has 1 saturated heterocycles. The molecule has 1 fully saturated rings. The zero-order chi connectivity index (χ0) is 15.4. The van der Waals surface area contributed by atoms with Gasteiger partial charge in [0.25, 0.3) is 0 Å². The van der Waals surface area contributed by atoms with Crippen molar-refractivity contribution < 1.29 is 19.1 Å². The maximum absolute atomic E-state index is 12.0. The molecule has 1 aromatic rings. The number of carbonyl (C=O) groups is 2. The highest BCUT2D eigenvalue weighted by molar-refractivity contribution is 5.81. The van der Waals surface area contributed by atoms with Crippen molar-refractivity contribution in [2.75, 3.05) is 14.2 Å². The van der Waals surface area contributed by atoms with Gasteiger partial charge in [-0.2, -0.15) is 0 Å². The van der Waals surface area contributed by atoms with E-state index in [2.05, 4.69) is 0 Å². The summed E-state index contributed by atoms with van der Waals surface area (Å²) in [5, 5.41) is 0. The summed E-state index contributed by atoms with van der Waals surface area (Å²) in [6.45, 7) is 1.99. The van der Waals surface area contributed by atoms with Crippen LogP contribution >= 0.6 is 0 Å². The molecule has 1 aliphatic rings. The smallest absolute Gasteiger partial charge is 0.323 e. The molecule has 114 valence electrons. The van der Waals surface area contributed by atoms with Gasteiger partial charge in [-0.3, -0.25) is 14.5 Å². The van der Waals surface area contributed by atoms with Crippen molar-refractivity contribution in [3.05, 3.63) is 35.9 Å². The molecule has 0 aliphatic carbocycles. The van der Waals surface area contributed by atoms with Gasteiger partial charge < -0.3 is 9.47 Å². The fraction of sp³-hybridized carbons (Fsp3) is 0.500. The largest absolute Gasteiger partial charge is 0.468 e. The van der Waals surface area contributed by atoms with Crippen molar-refractivity contribution in [2.45, 2.75) is 37.9 Å². The maximum atomic E-state index is 12.0. The third kappa shape index (κ3) is 3.08. The summed E-state index contributed by atoms with van der Waals surface area (Å²) in [6.07, 6.45) is 1.20. The van der Waals surface area contributed by atoms with Gasteiger partial charge in [0, 0.05) is 6.04 Å². The first-order chi connectivity index (χ1) is 10.1. The van der Waals surface area contributed by atoms with Crippen molar-refractivity contribution >= 4 is 11.9 Å². The Morgan fingerprint density at radius 3 is 1.95 bits per heavy atom. The quantitative estimate of drug-likeness (QED) is 0.793. The van der Waals surface area contributed by atoms with Crippen LogP contribution in [-0.2, 0) is 19.1 Å². The molecule has 1 aliphatic heterocycles. The summed E-state index contributed by atoms with van der Waals surface area (Å²) >= 11 is 0. The van der Waals surface area contributed by atoms with Crippen LogP contribution in [0.5, 0.6) is 0 Å². The molecule has 1 heterocycles. The fourth-order valence-electron chi connectivity index (χ4n) is 3.03. The summed E-state index contributed by atoms with van der Waals surface area (Å²) in [4.78, 5) is 25.9. The second kappa shape index (κ2) is 6.72. The predicted molar refractivity (Wildman–Crippen MR) is 77.5 cm³/mol. The monoisotopic (exact) mass is 291 g/mol. The highest BCUT2D eigenvalue weighted by Gasteiger charge is 2.45. The molecule has 21 heavy (non-hydrogen) atoms. The SMILES string of the molecule is COC(=O)[C@H]1CC[C@H](C(=O)OC)N1[C@@H](C)c1ccccc1. The third-order valence-electron chi connectivity index (χ3n) is 4.11. The first-order valence-corrected chi connectivity index (χ1v) is 7.08. The lowest BCUT2D eigenvalue weighted by atomic mass is 10.0. The molecule has 5 nitrogen and oxygen atoms in total. The van der Waals surface area contributed by atoms with Gasteiger partial charge >= 0.3 is 11.9 Å². The van der Waals surface area contributed by atoms with Crippen LogP contribution in [0.4, 0.5) is 0 Å². The van der Waals surface area contributed by atoms with Gasteiger partial charge in [-0.25, -0.2) is 0 Å². The van der Waals surface area contributed by atoms with E-state index in [1.807, 2.05) is 42.2 Å². The molecule has 0 amide bonds. The number of nitrogens with zero attached hydrogens (tertiary/aromatic N) is 1. The molecule has 0 spiro atoms. The lowest BCUT2D eigenvalue weighted by Gasteiger charge is -2.33. The number of carbonyl (C=O) groups excluding carboxylic acids is 2. The van der Waals surface area contributed by atoms with Crippen LogP contribution in [0.3, 0.4) is 0 Å². The average Bonchev–Trinajstić information content (AvgIpc) is 2.98. The van der Waals surface area contributed by atoms with Gasteiger partial charge in [-0.05, 0) is 25.3 Å². The lowest BCUT2D eigenvalue weighted by Crippen LogP contribution is -2.46. The van der Waals surface area contributed by atoms with Crippen molar-refractivity contribution in [1.29, 1.82) is 0 Å². The summed E-state index contributed by atoms with van der Waals surface area (Å²) in [5.74, 6) is -0.603. The second-order valence-electron chi connectivity index (χ2n) is 5.19. The Kier molecular flexibility index (Phi) is 4.96. The molecule has 0 saturated carbocycles. The van der Waals surface area contributed by atoms with E-state index in [4.69, 9.17) is 9.47 Å². The van der Waals surface area contributed by atoms with Crippen LogP contribution in [0.15, 0.2) is 30.3 Å². The third-order valence-corrected chi connectivity index (χ3v) is 4.11. The summed E-state index contributed by atoms with van der Waals surface area (Å²) in [7, 11) is 2.75. The highest BCUT2D eigenvalue weighted by Crippen LogP contribution is 2.34. The number of benzene rings is 1. The van der Waals surface area contributed by atoms with Gasteiger partial charge in [-0.15, -0.1) is 0 Å². The van der Waals surface area contributed by atoms with Crippen LogP contribution in [0.2, 0.25) is 0 Å². The van der Waals surface area contributed by atoms with Crippen LogP contribution in [0.1, 0.15) is 31.4 Å². The Morgan fingerprint density at radius 2 is 1.52 bits per heavy atom. The minimum Gasteiger partial charge on any atom is -0.468 e. The van der Waals surface area contributed by atoms with Gasteiger partial charge in [-0.1, -0.05) is 30.3 Å². The van der Waals surface area contributed by atoms with Crippen LogP contribution in [0.25, 0.3) is 0 Å². The first kappa shape index (κ1) is 15.5. The molecular formula is C16H21NO4. The highest BCUT2D eigenvalue weighted by atomic mass is 16.5. The van der Waals surface area contributed by atoms with Crippen molar-refractivity contribution in [2.24, 2.45) is 0 Å². The summed E-state index contributed by atoms with van der Waals surface area (Å²) < 4.78 is 9.76. The fourth-order valence-corrected chi connectivity index (χ4v) is 3.03. The maximum Gasteiger partial charge on any atom is 0.323 e. The summed E-state index contributed by atoms with van der Waals surface area (Å²) in [5.41, 5.74) is 1.06. The Morgan fingerprint density at radius 1 is 1.05 bits per heavy atom. The topological polar surface area (TPSA) is 55.8 Å². The Bertz CT molecular complexity index is 478. The van der Waals surface area contributed by atoms with Crippen molar-refractivity contribution in [3.63, 3.8) is 0 Å². The molecule has 0 bridgehead atoms. The Hall–Kier alpha value is -1.88. The molecule has 0 radical (unpaired) electrons.